The van der Waals surface area contributed by atoms with Gasteiger partial charge in [0.05, 0.1) is 24.1 Å². The van der Waals surface area contributed by atoms with Gasteiger partial charge in [-0.25, -0.2) is 0 Å². The Labute approximate surface area is 207 Å². The molecular formula is C27H39O8-. The van der Waals surface area contributed by atoms with Crippen LogP contribution >= 0.6 is 0 Å². The van der Waals surface area contributed by atoms with E-state index >= 15 is 0 Å². The van der Waals surface area contributed by atoms with E-state index in [-0.39, 0.29) is 30.3 Å². The first kappa shape index (κ1) is 25.3. The number of allylic oxidation sites excluding steroid dienone is 1. The lowest BCUT2D eigenvalue weighted by Gasteiger charge is -2.61. The Morgan fingerprint density at radius 3 is 2.57 bits per heavy atom. The molecule has 0 spiro atoms. The minimum absolute atomic E-state index is 0.00269. The van der Waals surface area contributed by atoms with Gasteiger partial charge in [-0.15, -0.1) is 0 Å². The Morgan fingerprint density at radius 1 is 1.26 bits per heavy atom. The lowest BCUT2D eigenvalue weighted by Crippen LogP contribution is -2.67. The number of carbonyl (C=O) groups is 2. The summed E-state index contributed by atoms with van der Waals surface area (Å²) in [6.45, 7) is 7.89. The second-order valence-corrected chi connectivity index (χ2v) is 12.2. The molecular weight excluding hydrogens is 452 g/mol. The molecule has 8 nitrogen and oxygen atoms in total. The van der Waals surface area contributed by atoms with E-state index in [2.05, 4.69) is 13.0 Å². The van der Waals surface area contributed by atoms with Crippen LogP contribution in [0.4, 0.5) is 0 Å². The molecule has 5 aliphatic rings. The van der Waals surface area contributed by atoms with Crippen LogP contribution in [0.25, 0.3) is 0 Å². The van der Waals surface area contributed by atoms with Crippen LogP contribution in [0.15, 0.2) is 11.6 Å². The molecule has 0 aromatic rings. The van der Waals surface area contributed by atoms with E-state index < -0.39 is 52.9 Å². The number of aldehydes is 1. The number of ether oxygens (including phenoxy) is 3. The van der Waals surface area contributed by atoms with Gasteiger partial charge in [0.25, 0.3) is 0 Å². The van der Waals surface area contributed by atoms with Crippen LogP contribution in [0, 0.1) is 45.8 Å². The average Bonchev–Trinajstić information content (AvgIpc) is 3.38. The van der Waals surface area contributed by atoms with Crippen molar-refractivity contribution in [1.82, 2.24) is 0 Å². The minimum Gasteiger partial charge on any atom is -0.549 e. The van der Waals surface area contributed by atoms with E-state index in [1.54, 1.807) is 6.92 Å². The molecule has 3 saturated carbocycles. The second-order valence-electron chi connectivity index (χ2n) is 12.2. The third-order valence-corrected chi connectivity index (χ3v) is 10.7. The van der Waals surface area contributed by atoms with Crippen molar-refractivity contribution in [1.29, 1.82) is 0 Å². The maximum atomic E-state index is 13.3. The number of hydrogen-bond acceptors (Lipinski definition) is 8. The number of aliphatic carboxylic acids is 1. The maximum Gasteiger partial charge on any atom is 0.186 e. The van der Waals surface area contributed by atoms with E-state index in [9.17, 15) is 24.9 Å². The molecule has 196 valence electrons. The Kier molecular flexibility index (Phi) is 6.04. The molecule has 1 saturated heterocycles. The number of hydrogen-bond donors (Lipinski definition) is 2. The standard InChI is InChI=1S/C27H40O8/c1-13(2)19-8-16-9-25(11-28)18-7-6-14(3)17(18)10-26(16,27(19,25)24(31)32)12-34-23-21(30)20(29)22(33-5)15(4)35-23/h8,11,13-18,20-23,29-30H,6-7,9-10,12H2,1-5H3,(H,31,32)/p-1/t14-,15-,16+,17-,18-,20+,21+,22-,23-,25+,26+,27+/m1/s1. The van der Waals surface area contributed by atoms with E-state index in [1.165, 1.54) is 7.11 Å². The summed E-state index contributed by atoms with van der Waals surface area (Å²) in [5, 5.41) is 34.6. The highest BCUT2D eigenvalue weighted by Crippen LogP contribution is 2.82. The third-order valence-electron chi connectivity index (χ3n) is 10.7. The van der Waals surface area contributed by atoms with E-state index in [1.807, 2.05) is 13.8 Å². The fourth-order valence-corrected chi connectivity index (χ4v) is 9.31. The van der Waals surface area contributed by atoms with Crippen molar-refractivity contribution >= 4 is 12.3 Å². The summed E-state index contributed by atoms with van der Waals surface area (Å²) in [5.41, 5.74) is -2.57. The lowest BCUT2D eigenvalue weighted by atomic mass is 9.43. The first-order chi connectivity index (χ1) is 16.5. The molecule has 1 heterocycles. The van der Waals surface area contributed by atoms with E-state index in [0.717, 1.165) is 24.7 Å². The van der Waals surface area contributed by atoms with Crippen molar-refractivity contribution in [2.45, 2.75) is 84.1 Å². The van der Waals surface area contributed by atoms with Gasteiger partial charge in [0.1, 0.15) is 24.6 Å². The molecule has 4 bridgehead atoms. The highest BCUT2D eigenvalue weighted by Gasteiger charge is 2.81. The second kappa shape index (κ2) is 8.35. The molecule has 4 fully saturated rings. The molecule has 2 N–H and O–H groups in total. The van der Waals surface area contributed by atoms with Crippen molar-refractivity contribution in [3.63, 3.8) is 0 Å². The number of rotatable bonds is 7. The molecule has 0 aromatic carbocycles. The number of aliphatic hydroxyl groups excluding tert-OH is 2. The zero-order valence-corrected chi connectivity index (χ0v) is 21.3. The summed E-state index contributed by atoms with van der Waals surface area (Å²) < 4.78 is 17.4. The lowest BCUT2D eigenvalue weighted by molar-refractivity contribution is -0.338. The molecule has 12 atom stereocenters. The molecule has 1 aliphatic heterocycles. The number of fused-ring (bicyclic) bond motifs is 2. The van der Waals surface area contributed by atoms with Gasteiger partial charge in [-0.2, -0.15) is 0 Å². The largest absolute Gasteiger partial charge is 0.549 e. The minimum atomic E-state index is -1.45. The van der Waals surface area contributed by atoms with Gasteiger partial charge >= 0.3 is 0 Å². The summed E-state index contributed by atoms with van der Waals surface area (Å²) in [5.74, 6) is -0.776. The number of methoxy groups -OCH3 is 1. The van der Waals surface area contributed by atoms with Gasteiger partial charge in [0, 0.05) is 17.9 Å². The summed E-state index contributed by atoms with van der Waals surface area (Å²) in [6, 6.07) is 0. The number of carbonyl (C=O) groups excluding carboxylic acids is 2. The fraction of sp³-hybridized carbons (Fsp3) is 0.852. The first-order valence-corrected chi connectivity index (χ1v) is 13.1. The Balaban J connectivity index is 1.57. The quantitative estimate of drug-likeness (QED) is 0.400. The molecule has 35 heavy (non-hydrogen) atoms. The van der Waals surface area contributed by atoms with E-state index in [4.69, 9.17) is 14.2 Å². The fourth-order valence-electron chi connectivity index (χ4n) is 9.31. The summed E-state index contributed by atoms with van der Waals surface area (Å²) in [6.07, 6.45) is 1.05. The molecule has 5 rings (SSSR count). The van der Waals surface area contributed by atoms with Crippen LogP contribution in [-0.4, -0.2) is 66.9 Å². The van der Waals surface area contributed by atoms with Crippen LogP contribution in [-0.2, 0) is 23.8 Å². The van der Waals surface area contributed by atoms with Crippen LogP contribution < -0.4 is 5.11 Å². The van der Waals surface area contributed by atoms with Crippen molar-refractivity contribution in [2.24, 2.45) is 45.8 Å². The van der Waals surface area contributed by atoms with Gasteiger partial charge in [0.2, 0.25) is 0 Å². The van der Waals surface area contributed by atoms with Crippen molar-refractivity contribution in [3.8, 4) is 0 Å². The zero-order chi connectivity index (χ0) is 25.5. The smallest absolute Gasteiger partial charge is 0.186 e. The molecule has 8 heteroatoms. The predicted octanol–water partition coefficient (Wildman–Crippen LogP) is 1.07. The number of aliphatic hydroxyl groups is 2. The molecule has 0 radical (unpaired) electrons. The van der Waals surface area contributed by atoms with Gasteiger partial charge in [-0.05, 0) is 55.8 Å². The van der Waals surface area contributed by atoms with Gasteiger partial charge in [-0.1, -0.05) is 38.8 Å². The molecule has 0 amide bonds. The van der Waals surface area contributed by atoms with Crippen LogP contribution in [0.2, 0.25) is 0 Å². The Morgan fingerprint density at radius 2 is 1.97 bits per heavy atom. The average molecular weight is 492 g/mol. The maximum absolute atomic E-state index is 13.3. The predicted molar refractivity (Wildman–Crippen MR) is 122 cm³/mol. The van der Waals surface area contributed by atoms with Crippen molar-refractivity contribution in [3.05, 3.63) is 11.6 Å². The molecule has 4 aliphatic carbocycles. The third kappa shape index (κ3) is 2.92. The Hall–Kier alpha value is -1.32. The number of carboxylic acids is 1. The van der Waals surface area contributed by atoms with Crippen molar-refractivity contribution < 1.29 is 39.1 Å². The monoisotopic (exact) mass is 491 g/mol. The van der Waals surface area contributed by atoms with Crippen LogP contribution in [0.1, 0.15) is 53.4 Å². The molecule has 0 aromatic heterocycles. The van der Waals surface area contributed by atoms with Crippen LogP contribution in [0.5, 0.6) is 0 Å². The summed E-state index contributed by atoms with van der Waals surface area (Å²) in [4.78, 5) is 26.4. The zero-order valence-electron chi connectivity index (χ0n) is 21.3. The SMILES string of the molecule is CO[C@H]1[C@@H](O)[C@H](O)[C@H](OC[C@@]23C[C@@H]4[C@H](C)CC[C@H]4[C@@]4(C=O)C[C@@H]2C=C(C(C)C)[C@@]34C(=O)[O-])O[C@@H]1C. The summed E-state index contributed by atoms with van der Waals surface area (Å²) >= 11 is 0. The molecule has 0 unspecified atom stereocenters. The highest BCUT2D eigenvalue weighted by atomic mass is 16.7. The normalized spacial score (nSPS) is 52.5. The van der Waals surface area contributed by atoms with Gasteiger partial charge in [0.15, 0.2) is 6.29 Å². The van der Waals surface area contributed by atoms with Gasteiger partial charge in [-0.3, -0.25) is 0 Å². The highest BCUT2D eigenvalue weighted by molar-refractivity contribution is 5.89. The first-order valence-electron chi connectivity index (χ1n) is 13.1. The van der Waals surface area contributed by atoms with E-state index in [0.29, 0.717) is 18.8 Å². The van der Waals surface area contributed by atoms with Gasteiger partial charge < -0.3 is 39.1 Å². The van der Waals surface area contributed by atoms with Crippen LogP contribution in [0.3, 0.4) is 0 Å². The topological polar surface area (TPSA) is 125 Å². The Bertz CT molecular complexity index is 917. The number of carboxylic acid groups (broad SMARTS) is 1. The summed E-state index contributed by atoms with van der Waals surface area (Å²) in [7, 11) is 1.44. The van der Waals surface area contributed by atoms with Crippen molar-refractivity contribution in [2.75, 3.05) is 13.7 Å².